The van der Waals surface area contributed by atoms with E-state index in [-0.39, 0.29) is 17.5 Å². The number of nitrogens with one attached hydrogen (secondary N) is 2. The highest BCUT2D eigenvalue weighted by molar-refractivity contribution is 5.97. The molecule has 5 nitrogen and oxygen atoms in total. The van der Waals surface area contributed by atoms with E-state index in [2.05, 4.69) is 33.8 Å². The first-order valence-electron chi connectivity index (χ1n) is 9.40. The molecule has 0 saturated carbocycles. The summed E-state index contributed by atoms with van der Waals surface area (Å²) in [5, 5.41) is 15.3. The lowest BCUT2D eigenvalue weighted by atomic mass is 9.88. The van der Waals surface area contributed by atoms with Crippen LogP contribution >= 0.6 is 0 Å². The van der Waals surface area contributed by atoms with Crippen LogP contribution in [0.3, 0.4) is 0 Å². The summed E-state index contributed by atoms with van der Waals surface area (Å²) in [4.78, 5) is 16.6. The molecule has 5 heteroatoms. The number of nitrogens with zero attached hydrogens (tertiary/aromatic N) is 2. The molecule has 1 heterocycles. The molecule has 0 aliphatic heterocycles. The number of aromatic nitrogens is 1. The second-order valence-corrected chi connectivity index (χ2v) is 6.73. The van der Waals surface area contributed by atoms with E-state index in [0.29, 0.717) is 0 Å². The number of aryl methyl sites for hydroxylation is 2. The van der Waals surface area contributed by atoms with Crippen LogP contribution in [0.4, 0.5) is 5.69 Å². The number of benzene rings is 1. The maximum atomic E-state index is 12.6. The molecule has 0 radical (unpaired) electrons. The Morgan fingerprint density at radius 3 is 2.81 bits per heavy atom. The second kappa shape index (κ2) is 9.00. The zero-order valence-corrected chi connectivity index (χ0v) is 15.5. The topological polar surface area (TPSA) is 77.8 Å². The summed E-state index contributed by atoms with van der Waals surface area (Å²) in [6.45, 7) is 2.04. The lowest BCUT2D eigenvalue weighted by Gasteiger charge is -2.21. The molecule has 27 heavy (non-hydrogen) atoms. The maximum absolute atomic E-state index is 12.6. The van der Waals surface area contributed by atoms with Gasteiger partial charge in [0.05, 0.1) is 17.9 Å². The molecule has 3 rings (SSSR count). The van der Waals surface area contributed by atoms with E-state index in [0.717, 1.165) is 30.5 Å². The van der Waals surface area contributed by atoms with Gasteiger partial charge in [0, 0.05) is 12.4 Å². The van der Waals surface area contributed by atoms with Crippen LogP contribution in [0, 0.1) is 11.3 Å². The van der Waals surface area contributed by atoms with Crippen LogP contribution in [-0.2, 0) is 17.6 Å². The van der Waals surface area contributed by atoms with E-state index in [1.807, 2.05) is 19.1 Å². The number of carbonyl (C=O) groups excluding carboxylic acids is 1. The van der Waals surface area contributed by atoms with E-state index in [1.54, 1.807) is 18.5 Å². The summed E-state index contributed by atoms with van der Waals surface area (Å²) in [6, 6.07) is 12.0. The highest BCUT2D eigenvalue weighted by atomic mass is 16.1. The Morgan fingerprint density at radius 2 is 2.11 bits per heavy atom. The van der Waals surface area contributed by atoms with Gasteiger partial charge in [-0.15, -0.1) is 0 Å². The molecule has 1 aromatic carbocycles. The van der Waals surface area contributed by atoms with Crippen molar-refractivity contribution in [1.82, 2.24) is 10.3 Å². The lowest BCUT2D eigenvalue weighted by molar-refractivity contribution is -0.117. The monoisotopic (exact) mass is 360 g/mol. The third-order valence-electron chi connectivity index (χ3n) is 4.90. The first kappa shape index (κ1) is 18.7. The molecule has 2 aromatic rings. The Morgan fingerprint density at radius 1 is 1.30 bits per heavy atom. The van der Waals surface area contributed by atoms with Crippen molar-refractivity contribution in [2.24, 2.45) is 0 Å². The standard InChI is InChI=1S/C22H24N4O/c1-2-21(18-10-9-16-6-3-4-7-17(16)12-18)26-22(27)19(13-23)14-25-20-8-5-11-24-15-20/h5,8-12,14-15,21,25H,2-4,6-7H2,1H3,(H,26,27)/b19-14-. The first-order valence-corrected chi connectivity index (χ1v) is 9.40. The fourth-order valence-electron chi connectivity index (χ4n) is 3.38. The zero-order chi connectivity index (χ0) is 19.1. The smallest absolute Gasteiger partial charge is 0.263 e. The molecular formula is C22H24N4O. The van der Waals surface area contributed by atoms with E-state index in [4.69, 9.17) is 0 Å². The highest BCUT2D eigenvalue weighted by Crippen LogP contribution is 2.26. The number of pyridine rings is 1. The molecule has 0 bridgehead atoms. The van der Waals surface area contributed by atoms with Crippen LogP contribution in [0.5, 0.6) is 0 Å². The number of rotatable bonds is 6. The predicted octanol–water partition coefficient (Wildman–Crippen LogP) is 4.05. The molecule has 138 valence electrons. The average molecular weight is 360 g/mol. The summed E-state index contributed by atoms with van der Waals surface area (Å²) < 4.78 is 0. The van der Waals surface area contributed by atoms with Crippen molar-refractivity contribution in [3.63, 3.8) is 0 Å². The molecule has 0 saturated heterocycles. The SMILES string of the molecule is CCC(NC(=O)/C(C#N)=C\Nc1cccnc1)c1ccc2c(c1)CCCC2. The van der Waals surface area contributed by atoms with Gasteiger partial charge in [0.1, 0.15) is 11.6 Å². The Hall–Kier alpha value is -3.13. The Labute approximate surface area is 160 Å². The molecule has 1 unspecified atom stereocenters. The fourth-order valence-corrected chi connectivity index (χ4v) is 3.38. The Bertz CT molecular complexity index is 868. The quantitative estimate of drug-likeness (QED) is 0.602. The molecule has 2 N–H and O–H groups in total. The van der Waals surface area contributed by atoms with E-state index < -0.39 is 0 Å². The zero-order valence-electron chi connectivity index (χ0n) is 15.5. The van der Waals surface area contributed by atoms with Crippen molar-refractivity contribution in [2.45, 2.75) is 45.1 Å². The third kappa shape index (κ3) is 4.73. The van der Waals surface area contributed by atoms with Crippen molar-refractivity contribution in [3.05, 3.63) is 71.2 Å². The van der Waals surface area contributed by atoms with Crippen molar-refractivity contribution in [3.8, 4) is 6.07 Å². The minimum atomic E-state index is -0.376. The van der Waals surface area contributed by atoms with Crippen LogP contribution in [0.2, 0.25) is 0 Å². The van der Waals surface area contributed by atoms with E-state index in [1.165, 1.54) is 30.2 Å². The summed E-state index contributed by atoms with van der Waals surface area (Å²) in [7, 11) is 0. The third-order valence-corrected chi connectivity index (χ3v) is 4.90. The molecule has 1 amide bonds. The van der Waals surface area contributed by atoms with Crippen LogP contribution in [0.15, 0.2) is 54.5 Å². The van der Waals surface area contributed by atoms with Gasteiger partial charge in [0.15, 0.2) is 0 Å². The van der Waals surface area contributed by atoms with Gasteiger partial charge >= 0.3 is 0 Å². The molecule has 0 fully saturated rings. The van der Waals surface area contributed by atoms with Gasteiger partial charge in [-0.05, 0) is 60.9 Å². The van der Waals surface area contributed by atoms with Gasteiger partial charge in [0.25, 0.3) is 5.91 Å². The molecule has 1 atom stereocenters. The number of carbonyl (C=O) groups is 1. The van der Waals surface area contributed by atoms with Gasteiger partial charge in [-0.25, -0.2) is 0 Å². The minimum Gasteiger partial charge on any atom is -0.359 e. The van der Waals surface area contributed by atoms with Crippen LogP contribution in [-0.4, -0.2) is 10.9 Å². The minimum absolute atomic E-state index is 0.0373. The normalized spacial score (nSPS) is 14.6. The van der Waals surface area contributed by atoms with Gasteiger partial charge < -0.3 is 10.6 Å². The Balaban J connectivity index is 1.71. The number of fused-ring (bicyclic) bond motifs is 1. The molecule has 0 spiro atoms. The molecule has 1 aromatic heterocycles. The summed E-state index contributed by atoms with van der Waals surface area (Å²) in [5.74, 6) is -0.376. The number of hydrogen-bond donors (Lipinski definition) is 2. The molecule has 1 aliphatic rings. The summed E-state index contributed by atoms with van der Waals surface area (Å²) >= 11 is 0. The maximum Gasteiger partial charge on any atom is 0.263 e. The van der Waals surface area contributed by atoms with Gasteiger partial charge in [-0.3, -0.25) is 9.78 Å². The van der Waals surface area contributed by atoms with Crippen LogP contribution in [0.25, 0.3) is 0 Å². The fraction of sp³-hybridized carbons (Fsp3) is 0.318. The number of amides is 1. The predicted molar refractivity (Wildman–Crippen MR) is 106 cm³/mol. The van der Waals surface area contributed by atoms with E-state index >= 15 is 0 Å². The molecular weight excluding hydrogens is 336 g/mol. The number of anilines is 1. The van der Waals surface area contributed by atoms with Gasteiger partial charge in [0.2, 0.25) is 0 Å². The van der Waals surface area contributed by atoms with Crippen molar-refractivity contribution >= 4 is 11.6 Å². The van der Waals surface area contributed by atoms with Gasteiger partial charge in [-0.1, -0.05) is 25.1 Å². The molecule has 1 aliphatic carbocycles. The number of nitriles is 1. The average Bonchev–Trinajstić information content (AvgIpc) is 2.73. The largest absolute Gasteiger partial charge is 0.359 e. The van der Waals surface area contributed by atoms with E-state index in [9.17, 15) is 10.1 Å². The summed E-state index contributed by atoms with van der Waals surface area (Å²) in [6.07, 6.45) is 10.2. The van der Waals surface area contributed by atoms with Crippen LogP contribution < -0.4 is 10.6 Å². The van der Waals surface area contributed by atoms with Gasteiger partial charge in [-0.2, -0.15) is 5.26 Å². The highest BCUT2D eigenvalue weighted by Gasteiger charge is 2.18. The number of hydrogen-bond acceptors (Lipinski definition) is 4. The van der Waals surface area contributed by atoms with Crippen molar-refractivity contribution in [1.29, 1.82) is 5.26 Å². The Kier molecular flexibility index (Phi) is 6.22. The second-order valence-electron chi connectivity index (χ2n) is 6.73. The first-order chi connectivity index (χ1) is 13.2. The van der Waals surface area contributed by atoms with Crippen molar-refractivity contribution in [2.75, 3.05) is 5.32 Å². The lowest BCUT2D eigenvalue weighted by Crippen LogP contribution is -2.29. The summed E-state index contributed by atoms with van der Waals surface area (Å²) in [5.41, 5.74) is 4.67. The van der Waals surface area contributed by atoms with Crippen molar-refractivity contribution < 1.29 is 4.79 Å². The van der Waals surface area contributed by atoms with Crippen LogP contribution in [0.1, 0.15) is 48.9 Å².